The third-order valence-corrected chi connectivity index (χ3v) is 4.19. The molecule has 1 aromatic carbocycles. The first-order valence-corrected chi connectivity index (χ1v) is 8.31. The molecule has 0 fully saturated rings. The molecule has 0 bridgehead atoms. The third-order valence-electron chi connectivity index (χ3n) is 4.19. The number of aromatic amines is 1. The summed E-state index contributed by atoms with van der Waals surface area (Å²) in [6.07, 6.45) is 1.31. The number of amides is 1. The van der Waals surface area contributed by atoms with Crippen LogP contribution < -0.4 is 5.32 Å². The molecule has 0 aliphatic heterocycles. The summed E-state index contributed by atoms with van der Waals surface area (Å²) >= 11 is 0. The Morgan fingerprint density at radius 1 is 1.21 bits per heavy atom. The molecule has 2 N–H and O–H groups in total. The minimum atomic E-state index is -4.75. The van der Waals surface area contributed by atoms with E-state index < -0.39 is 35.6 Å². The summed E-state index contributed by atoms with van der Waals surface area (Å²) in [4.78, 5) is 27.8. The summed E-state index contributed by atoms with van der Waals surface area (Å²) in [7, 11) is 0. The molecule has 1 amide bonds. The van der Waals surface area contributed by atoms with E-state index in [1.165, 1.54) is 17.1 Å². The second kappa shape index (κ2) is 7.00. The van der Waals surface area contributed by atoms with Gasteiger partial charge in [-0.15, -0.1) is 0 Å². The molecule has 0 atom stereocenters. The van der Waals surface area contributed by atoms with Crippen molar-refractivity contribution in [3.63, 3.8) is 0 Å². The molecule has 7 nitrogen and oxygen atoms in total. The second-order valence-electron chi connectivity index (χ2n) is 6.03. The highest BCUT2D eigenvalue weighted by Gasteiger charge is 2.34. The number of nitrogens with zero attached hydrogens (tertiary/aromatic N) is 4. The highest BCUT2D eigenvalue weighted by atomic mass is 19.4. The molecule has 0 unspecified atom stereocenters. The number of aromatic nitrogens is 5. The molecule has 0 saturated heterocycles. The van der Waals surface area contributed by atoms with Crippen molar-refractivity contribution >= 4 is 16.9 Å². The summed E-state index contributed by atoms with van der Waals surface area (Å²) in [5.41, 5.74) is -1.16. The summed E-state index contributed by atoms with van der Waals surface area (Å²) in [5.74, 6) is -1.69. The van der Waals surface area contributed by atoms with Crippen LogP contribution in [0, 0.1) is 5.82 Å². The summed E-state index contributed by atoms with van der Waals surface area (Å²) in [5, 5.41) is 2.31. The van der Waals surface area contributed by atoms with Crippen molar-refractivity contribution < 1.29 is 22.4 Å². The van der Waals surface area contributed by atoms with E-state index in [0.29, 0.717) is 11.0 Å². The van der Waals surface area contributed by atoms with Gasteiger partial charge in [0, 0.05) is 30.7 Å². The van der Waals surface area contributed by atoms with Gasteiger partial charge in [-0.1, -0.05) is 6.07 Å². The fourth-order valence-electron chi connectivity index (χ4n) is 2.85. The number of alkyl halides is 3. The van der Waals surface area contributed by atoms with E-state index in [1.807, 2.05) is 0 Å². The van der Waals surface area contributed by atoms with Crippen molar-refractivity contribution in [1.29, 1.82) is 0 Å². The maximum atomic E-state index is 14.0. The number of H-pyrrole nitrogens is 1. The zero-order chi connectivity index (χ0) is 20.6. The Bertz CT molecular complexity index is 1180. The first-order valence-electron chi connectivity index (χ1n) is 8.31. The van der Waals surface area contributed by atoms with Crippen molar-refractivity contribution in [3.05, 3.63) is 71.8 Å². The lowest BCUT2D eigenvalue weighted by Gasteiger charge is -2.14. The minimum Gasteiger partial charge on any atom is -0.358 e. The average molecular weight is 404 g/mol. The molecular formula is C18H12F4N6O. The number of rotatable bonds is 4. The van der Waals surface area contributed by atoms with Crippen LogP contribution in [-0.4, -0.2) is 30.4 Å². The number of imidazole rings is 1. The van der Waals surface area contributed by atoms with E-state index >= 15 is 0 Å². The number of halogens is 4. The van der Waals surface area contributed by atoms with Crippen molar-refractivity contribution in [2.75, 3.05) is 0 Å². The number of hydrogen-bond acceptors (Lipinski definition) is 4. The molecule has 4 aromatic rings. The molecule has 3 heterocycles. The van der Waals surface area contributed by atoms with Crippen molar-refractivity contribution in [2.24, 2.45) is 0 Å². The highest BCUT2D eigenvalue weighted by Crippen LogP contribution is 2.33. The molecule has 3 aromatic heterocycles. The van der Waals surface area contributed by atoms with E-state index in [1.54, 1.807) is 18.5 Å². The fraction of sp³-hybridized carbons (Fsp3) is 0.111. The molecule has 0 aliphatic carbocycles. The van der Waals surface area contributed by atoms with Crippen molar-refractivity contribution in [3.8, 4) is 5.95 Å². The van der Waals surface area contributed by atoms with Crippen LogP contribution in [0.15, 0.2) is 49.2 Å². The van der Waals surface area contributed by atoms with E-state index in [0.717, 1.165) is 18.2 Å². The Morgan fingerprint density at radius 2 is 2.03 bits per heavy atom. The number of carbonyl (C=O) groups excluding carboxylic acids is 1. The van der Waals surface area contributed by atoms with Crippen LogP contribution in [0.3, 0.4) is 0 Å². The first-order chi connectivity index (χ1) is 13.8. The van der Waals surface area contributed by atoms with Gasteiger partial charge in [0.05, 0.1) is 16.6 Å². The number of benzene rings is 1. The predicted molar refractivity (Wildman–Crippen MR) is 93.6 cm³/mol. The number of fused-ring (bicyclic) bond motifs is 1. The van der Waals surface area contributed by atoms with Crippen molar-refractivity contribution in [2.45, 2.75) is 12.7 Å². The Labute approximate surface area is 160 Å². The Morgan fingerprint density at radius 3 is 2.76 bits per heavy atom. The smallest absolute Gasteiger partial charge is 0.358 e. The molecule has 29 heavy (non-hydrogen) atoms. The SMILES string of the molecule is O=C(NCc1c(F)cccc1C(F)(F)F)c1nc(-n2ccnc2)nc2cc[nH]c12. The number of carbonyl (C=O) groups is 1. The third kappa shape index (κ3) is 3.53. The topological polar surface area (TPSA) is 88.5 Å². The average Bonchev–Trinajstić information content (AvgIpc) is 3.36. The minimum absolute atomic E-state index is 0.0893. The van der Waals surface area contributed by atoms with Crippen LogP contribution in [0.4, 0.5) is 17.6 Å². The van der Waals surface area contributed by atoms with Gasteiger partial charge in [0.2, 0.25) is 5.95 Å². The monoisotopic (exact) mass is 404 g/mol. The predicted octanol–water partition coefficient (Wildman–Crippen LogP) is 3.23. The van der Waals surface area contributed by atoms with E-state index in [2.05, 4.69) is 25.3 Å². The molecule has 148 valence electrons. The first kappa shape index (κ1) is 18.6. The second-order valence-corrected chi connectivity index (χ2v) is 6.03. The number of hydrogen-bond donors (Lipinski definition) is 2. The molecule has 0 saturated carbocycles. The largest absolute Gasteiger partial charge is 0.416 e. The van der Waals surface area contributed by atoms with Crippen LogP contribution in [0.2, 0.25) is 0 Å². The van der Waals surface area contributed by atoms with Gasteiger partial charge in [-0.25, -0.2) is 19.3 Å². The normalized spacial score (nSPS) is 11.7. The van der Waals surface area contributed by atoms with Crippen LogP contribution >= 0.6 is 0 Å². The van der Waals surface area contributed by atoms with Crippen LogP contribution in [0.1, 0.15) is 21.6 Å². The highest BCUT2D eigenvalue weighted by molar-refractivity contribution is 6.03. The van der Waals surface area contributed by atoms with Gasteiger partial charge in [-0.2, -0.15) is 13.2 Å². The van der Waals surface area contributed by atoms with Gasteiger partial charge in [-0.05, 0) is 18.2 Å². The van der Waals surface area contributed by atoms with E-state index in [9.17, 15) is 22.4 Å². The standard InChI is InChI=1S/C18H12F4N6O/c19-12-3-1-2-11(18(20,21)22)10(12)8-25-16(29)15-14-13(4-5-24-14)26-17(27-15)28-7-6-23-9-28/h1-7,9,24H,8H2,(H,25,29). The molecule has 0 radical (unpaired) electrons. The fourth-order valence-corrected chi connectivity index (χ4v) is 2.85. The van der Waals surface area contributed by atoms with Crippen molar-refractivity contribution in [1.82, 2.24) is 29.8 Å². The molecule has 11 heteroatoms. The van der Waals surface area contributed by atoms with Gasteiger partial charge >= 0.3 is 6.18 Å². The molecule has 4 rings (SSSR count). The Balaban J connectivity index is 1.67. The summed E-state index contributed by atoms with van der Waals surface area (Å²) in [6.45, 7) is -0.660. The van der Waals surface area contributed by atoms with E-state index in [-0.39, 0.29) is 11.6 Å². The van der Waals surface area contributed by atoms with Gasteiger partial charge in [0.1, 0.15) is 12.1 Å². The maximum absolute atomic E-state index is 14.0. The quantitative estimate of drug-likeness (QED) is 0.511. The number of nitrogens with one attached hydrogen (secondary N) is 2. The summed E-state index contributed by atoms with van der Waals surface area (Å²) in [6, 6.07) is 4.25. The zero-order valence-corrected chi connectivity index (χ0v) is 14.5. The van der Waals surface area contributed by atoms with Gasteiger partial charge < -0.3 is 10.3 Å². The Hall–Kier alpha value is -3.76. The van der Waals surface area contributed by atoms with E-state index in [4.69, 9.17) is 0 Å². The van der Waals surface area contributed by atoms with Crippen LogP contribution in [0.25, 0.3) is 17.0 Å². The van der Waals surface area contributed by atoms with Gasteiger partial charge in [0.25, 0.3) is 5.91 Å². The summed E-state index contributed by atoms with van der Waals surface area (Å²) < 4.78 is 54.9. The lowest BCUT2D eigenvalue weighted by atomic mass is 10.1. The molecular weight excluding hydrogens is 392 g/mol. The van der Waals surface area contributed by atoms with Gasteiger partial charge in [0.15, 0.2) is 5.69 Å². The van der Waals surface area contributed by atoms with Gasteiger partial charge in [-0.3, -0.25) is 9.36 Å². The molecule has 0 aliphatic rings. The lowest BCUT2D eigenvalue weighted by Crippen LogP contribution is -2.27. The van der Waals surface area contributed by atoms with Crippen LogP contribution in [-0.2, 0) is 12.7 Å². The maximum Gasteiger partial charge on any atom is 0.416 e. The zero-order valence-electron chi connectivity index (χ0n) is 14.5. The van der Waals surface area contributed by atoms with Crippen LogP contribution in [0.5, 0.6) is 0 Å². The Kier molecular flexibility index (Phi) is 4.49. The molecule has 0 spiro atoms. The lowest BCUT2D eigenvalue weighted by molar-refractivity contribution is -0.138.